The second kappa shape index (κ2) is 6.68. The molecule has 2 N–H and O–H groups in total. The quantitative estimate of drug-likeness (QED) is 0.895. The van der Waals surface area contributed by atoms with Gasteiger partial charge in [0.15, 0.2) is 0 Å². The zero-order chi connectivity index (χ0) is 14.5. The Kier molecular flexibility index (Phi) is 4.93. The van der Waals surface area contributed by atoms with Gasteiger partial charge >= 0.3 is 0 Å². The van der Waals surface area contributed by atoms with Crippen LogP contribution in [0.25, 0.3) is 0 Å². The predicted molar refractivity (Wildman–Crippen MR) is 86.0 cm³/mol. The molecule has 0 saturated carbocycles. The normalized spacial score (nSPS) is 10.3. The summed E-state index contributed by atoms with van der Waals surface area (Å²) in [6.07, 6.45) is 0. The maximum atomic E-state index is 12.4. The van der Waals surface area contributed by atoms with Crippen LogP contribution < -0.4 is 10.6 Å². The molecule has 2 rings (SSSR count). The molecule has 0 aliphatic rings. The highest BCUT2D eigenvalue weighted by molar-refractivity contribution is 9.10. The number of amides is 1. The van der Waals surface area contributed by atoms with Gasteiger partial charge in [0.1, 0.15) is 0 Å². The lowest BCUT2D eigenvalue weighted by Gasteiger charge is -2.12. The third-order valence-corrected chi connectivity index (χ3v) is 3.56. The molecule has 0 spiro atoms. The van der Waals surface area contributed by atoms with Crippen LogP contribution in [0.15, 0.2) is 46.9 Å². The summed E-state index contributed by atoms with van der Waals surface area (Å²) in [5, 5.41) is 6.08. The number of benzene rings is 2. The van der Waals surface area contributed by atoms with Crippen LogP contribution in [0.5, 0.6) is 0 Å². The molecule has 0 aromatic heterocycles. The summed E-state index contributed by atoms with van der Waals surface area (Å²) in [6.45, 7) is 2.65. The molecule has 4 heteroatoms. The van der Waals surface area contributed by atoms with Gasteiger partial charge in [0, 0.05) is 22.3 Å². The summed E-state index contributed by atoms with van der Waals surface area (Å²) < 4.78 is 0.974. The average Bonchev–Trinajstić information content (AvgIpc) is 2.41. The third kappa shape index (κ3) is 3.46. The Labute approximate surface area is 127 Å². The van der Waals surface area contributed by atoms with Crippen LogP contribution in [0.2, 0.25) is 0 Å². The van der Waals surface area contributed by atoms with E-state index in [0.29, 0.717) is 5.56 Å². The van der Waals surface area contributed by atoms with Crippen molar-refractivity contribution in [2.45, 2.75) is 13.5 Å². The van der Waals surface area contributed by atoms with Crippen molar-refractivity contribution >= 4 is 27.5 Å². The first-order valence-electron chi connectivity index (χ1n) is 6.42. The zero-order valence-electron chi connectivity index (χ0n) is 11.5. The minimum atomic E-state index is -0.0847. The van der Waals surface area contributed by atoms with Crippen molar-refractivity contribution in [3.05, 3.63) is 63.6 Å². The van der Waals surface area contributed by atoms with E-state index in [1.807, 2.05) is 56.4 Å². The van der Waals surface area contributed by atoms with Gasteiger partial charge in [-0.3, -0.25) is 4.79 Å². The lowest BCUT2D eigenvalue weighted by molar-refractivity contribution is 0.102. The summed E-state index contributed by atoms with van der Waals surface area (Å²) in [7, 11) is 1.89. The topological polar surface area (TPSA) is 41.1 Å². The molecule has 104 valence electrons. The van der Waals surface area contributed by atoms with Crippen LogP contribution >= 0.6 is 15.9 Å². The molecule has 0 atom stereocenters. The second-order valence-electron chi connectivity index (χ2n) is 4.60. The SMILES string of the molecule is CNCc1ccccc1NC(=O)c1ccc(Br)cc1C. The summed E-state index contributed by atoms with van der Waals surface area (Å²) in [5.41, 5.74) is 3.54. The van der Waals surface area contributed by atoms with Crippen molar-refractivity contribution in [1.29, 1.82) is 0 Å². The van der Waals surface area contributed by atoms with Crippen LogP contribution in [-0.4, -0.2) is 13.0 Å². The molecular weight excluding hydrogens is 316 g/mol. The minimum Gasteiger partial charge on any atom is -0.322 e. The van der Waals surface area contributed by atoms with E-state index >= 15 is 0 Å². The zero-order valence-corrected chi connectivity index (χ0v) is 13.1. The van der Waals surface area contributed by atoms with Crippen LogP contribution in [-0.2, 0) is 6.54 Å². The average molecular weight is 333 g/mol. The summed E-state index contributed by atoms with van der Waals surface area (Å²) in [5.74, 6) is -0.0847. The van der Waals surface area contributed by atoms with E-state index in [0.717, 1.165) is 27.8 Å². The largest absolute Gasteiger partial charge is 0.322 e. The lowest BCUT2D eigenvalue weighted by atomic mass is 10.1. The van der Waals surface area contributed by atoms with Crippen molar-refractivity contribution in [3.63, 3.8) is 0 Å². The van der Waals surface area contributed by atoms with Crippen LogP contribution in [0.1, 0.15) is 21.5 Å². The number of rotatable bonds is 4. The van der Waals surface area contributed by atoms with Crippen molar-refractivity contribution in [3.8, 4) is 0 Å². The van der Waals surface area contributed by atoms with Gasteiger partial charge in [0.2, 0.25) is 0 Å². The Bertz CT molecular complexity index is 626. The highest BCUT2D eigenvalue weighted by atomic mass is 79.9. The molecule has 2 aromatic carbocycles. The fraction of sp³-hybridized carbons (Fsp3) is 0.188. The van der Waals surface area contributed by atoms with Crippen LogP contribution in [0.4, 0.5) is 5.69 Å². The predicted octanol–water partition coefficient (Wildman–Crippen LogP) is 3.73. The number of hydrogen-bond donors (Lipinski definition) is 2. The fourth-order valence-electron chi connectivity index (χ4n) is 2.06. The summed E-state index contributed by atoms with van der Waals surface area (Å²) >= 11 is 3.40. The van der Waals surface area contributed by atoms with E-state index in [9.17, 15) is 4.79 Å². The summed E-state index contributed by atoms with van der Waals surface area (Å²) in [6, 6.07) is 13.4. The Balaban J connectivity index is 2.23. The molecule has 0 bridgehead atoms. The standard InChI is InChI=1S/C16H17BrN2O/c1-11-9-13(17)7-8-14(11)16(20)19-15-6-4-3-5-12(15)10-18-2/h3-9,18H,10H2,1-2H3,(H,19,20). The van der Waals surface area contributed by atoms with Gasteiger partial charge in [-0.15, -0.1) is 0 Å². The fourth-order valence-corrected chi connectivity index (χ4v) is 2.53. The van der Waals surface area contributed by atoms with Crippen molar-refractivity contribution in [2.24, 2.45) is 0 Å². The van der Waals surface area contributed by atoms with E-state index in [4.69, 9.17) is 0 Å². The molecule has 0 aliphatic carbocycles. The number of carbonyl (C=O) groups excluding carboxylic acids is 1. The van der Waals surface area contributed by atoms with Crippen LogP contribution in [0, 0.1) is 6.92 Å². The monoisotopic (exact) mass is 332 g/mol. The number of halogens is 1. The van der Waals surface area contributed by atoms with E-state index < -0.39 is 0 Å². The molecule has 0 heterocycles. The Morgan fingerprint density at radius 2 is 1.95 bits per heavy atom. The molecule has 1 amide bonds. The first-order valence-corrected chi connectivity index (χ1v) is 7.21. The van der Waals surface area contributed by atoms with Gasteiger partial charge in [0.25, 0.3) is 5.91 Å². The number of nitrogens with one attached hydrogen (secondary N) is 2. The Hall–Kier alpha value is -1.65. The number of carbonyl (C=O) groups is 1. The van der Waals surface area contributed by atoms with Crippen molar-refractivity contribution in [2.75, 3.05) is 12.4 Å². The van der Waals surface area contributed by atoms with E-state index in [1.54, 1.807) is 0 Å². The van der Waals surface area contributed by atoms with Gasteiger partial charge in [0.05, 0.1) is 0 Å². The first kappa shape index (κ1) is 14.8. The highest BCUT2D eigenvalue weighted by Gasteiger charge is 2.11. The molecule has 0 saturated heterocycles. The molecule has 0 fully saturated rings. The number of hydrogen-bond acceptors (Lipinski definition) is 2. The van der Waals surface area contributed by atoms with Crippen molar-refractivity contribution in [1.82, 2.24) is 5.32 Å². The van der Waals surface area contributed by atoms with E-state index in [2.05, 4.69) is 26.6 Å². The van der Waals surface area contributed by atoms with Gasteiger partial charge in [-0.2, -0.15) is 0 Å². The second-order valence-corrected chi connectivity index (χ2v) is 5.52. The number of para-hydroxylation sites is 1. The van der Waals surface area contributed by atoms with Gasteiger partial charge < -0.3 is 10.6 Å². The Morgan fingerprint density at radius 1 is 1.20 bits per heavy atom. The third-order valence-electron chi connectivity index (χ3n) is 3.07. The molecule has 3 nitrogen and oxygen atoms in total. The van der Waals surface area contributed by atoms with E-state index in [-0.39, 0.29) is 5.91 Å². The molecule has 0 aliphatic heterocycles. The van der Waals surface area contributed by atoms with Gasteiger partial charge in [-0.25, -0.2) is 0 Å². The van der Waals surface area contributed by atoms with Crippen LogP contribution in [0.3, 0.4) is 0 Å². The molecule has 0 radical (unpaired) electrons. The Morgan fingerprint density at radius 3 is 2.65 bits per heavy atom. The number of anilines is 1. The minimum absolute atomic E-state index is 0.0847. The molecular formula is C16H17BrN2O. The maximum absolute atomic E-state index is 12.4. The summed E-state index contributed by atoms with van der Waals surface area (Å²) in [4.78, 5) is 12.4. The lowest BCUT2D eigenvalue weighted by Crippen LogP contribution is -2.16. The van der Waals surface area contributed by atoms with Crippen molar-refractivity contribution < 1.29 is 4.79 Å². The first-order chi connectivity index (χ1) is 9.61. The molecule has 0 unspecified atom stereocenters. The number of aryl methyl sites for hydroxylation is 1. The van der Waals surface area contributed by atoms with Gasteiger partial charge in [-0.05, 0) is 49.4 Å². The van der Waals surface area contributed by atoms with E-state index in [1.165, 1.54) is 0 Å². The molecule has 20 heavy (non-hydrogen) atoms. The smallest absolute Gasteiger partial charge is 0.255 e. The highest BCUT2D eigenvalue weighted by Crippen LogP contribution is 2.19. The maximum Gasteiger partial charge on any atom is 0.255 e. The van der Waals surface area contributed by atoms with Gasteiger partial charge in [-0.1, -0.05) is 34.1 Å². The molecule has 2 aromatic rings.